The second-order valence-electron chi connectivity index (χ2n) is 5.36. The zero-order valence-electron chi connectivity index (χ0n) is 14.1. The molecule has 2 aromatic rings. The third kappa shape index (κ3) is 5.09. The number of anilines is 2. The summed E-state index contributed by atoms with van der Waals surface area (Å²) >= 11 is 0. The number of rotatable bonds is 7. The molecule has 0 saturated heterocycles. The van der Waals surface area contributed by atoms with Crippen LogP contribution in [0.5, 0.6) is 5.75 Å². The van der Waals surface area contributed by atoms with Crippen LogP contribution in [0.2, 0.25) is 0 Å². The van der Waals surface area contributed by atoms with E-state index in [-0.39, 0.29) is 5.91 Å². The van der Waals surface area contributed by atoms with Gasteiger partial charge in [-0.3, -0.25) is 9.10 Å². The lowest BCUT2D eigenvalue weighted by atomic mass is 10.2. The number of nitrogens with zero attached hydrogens (tertiary/aromatic N) is 1. The van der Waals surface area contributed by atoms with Gasteiger partial charge in [-0.1, -0.05) is 24.8 Å². The van der Waals surface area contributed by atoms with Gasteiger partial charge in [-0.2, -0.15) is 0 Å². The van der Waals surface area contributed by atoms with Crippen LogP contribution in [0.1, 0.15) is 10.4 Å². The van der Waals surface area contributed by atoms with Crippen molar-refractivity contribution in [3.63, 3.8) is 0 Å². The van der Waals surface area contributed by atoms with Gasteiger partial charge in [0.2, 0.25) is 10.0 Å². The van der Waals surface area contributed by atoms with Crippen molar-refractivity contribution in [1.29, 1.82) is 0 Å². The van der Waals surface area contributed by atoms with E-state index < -0.39 is 10.0 Å². The molecule has 0 fully saturated rings. The summed E-state index contributed by atoms with van der Waals surface area (Å²) in [5, 5.41) is 2.77. The van der Waals surface area contributed by atoms with Crippen molar-refractivity contribution in [1.82, 2.24) is 0 Å². The number of nitrogens with one attached hydrogen (secondary N) is 1. The molecule has 2 rings (SSSR count). The van der Waals surface area contributed by atoms with E-state index in [1.807, 2.05) is 0 Å². The fraction of sp³-hybridized carbons (Fsp3) is 0.167. The number of carbonyl (C=O) groups excluding carboxylic acids is 1. The Morgan fingerprint density at radius 1 is 1.24 bits per heavy atom. The number of benzene rings is 2. The first-order valence-electron chi connectivity index (χ1n) is 7.50. The molecule has 0 aliphatic rings. The molecule has 0 unspecified atom stereocenters. The van der Waals surface area contributed by atoms with Gasteiger partial charge in [-0.15, -0.1) is 0 Å². The first-order chi connectivity index (χ1) is 11.8. The number of ether oxygens (including phenoxy) is 1. The molecule has 0 aromatic heterocycles. The Balaban J connectivity index is 2.17. The molecule has 1 amide bonds. The van der Waals surface area contributed by atoms with E-state index in [4.69, 9.17) is 4.74 Å². The highest BCUT2D eigenvalue weighted by Crippen LogP contribution is 2.20. The molecule has 25 heavy (non-hydrogen) atoms. The Morgan fingerprint density at radius 3 is 2.64 bits per heavy atom. The number of carbonyl (C=O) groups is 1. The Labute approximate surface area is 147 Å². The molecule has 0 radical (unpaired) electrons. The summed E-state index contributed by atoms with van der Waals surface area (Å²) in [5.74, 6) is 0.271. The molecule has 0 atom stereocenters. The van der Waals surface area contributed by atoms with Crippen molar-refractivity contribution in [2.45, 2.75) is 0 Å². The van der Waals surface area contributed by atoms with Crippen LogP contribution in [0, 0.1) is 0 Å². The van der Waals surface area contributed by atoms with E-state index in [1.54, 1.807) is 48.5 Å². The van der Waals surface area contributed by atoms with E-state index in [1.165, 1.54) is 13.1 Å². The van der Waals surface area contributed by atoms with Crippen LogP contribution in [0.4, 0.5) is 11.4 Å². The monoisotopic (exact) mass is 360 g/mol. The largest absolute Gasteiger partial charge is 0.489 e. The number of hydrogen-bond donors (Lipinski definition) is 1. The minimum absolute atomic E-state index is 0.343. The smallest absolute Gasteiger partial charge is 0.255 e. The fourth-order valence-electron chi connectivity index (χ4n) is 2.06. The lowest BCUT2D eigenvalue weighted by Crippen LogP contribution is -2.25. The molecule has 0 aliphatic carbocycles. The minimum atomic E-state index is -3.39. The predicted octanol–water partition coefficient (Wildman–Crippen LogP) is 2.90. The van der Waals surface area contributed by atoms with E-state index in [2.05, 4.69) is 11.9 Å². The van der Waals surface area contributed by atoms with Crippen LogP contribution in [0.3, 0.4) is 0 Å². The second kappa shape index (κ2) is 7.85. The van der Waals surface area contributed by atoms with Gasteiger partial charge in [0.15, 0.2) is 0 Å². The zero-order chi connectivity index (χ0) is 18.4. The molecule has 0 aliphatic heterocycles. The lowest BCUT2D eigenvalue weighted by Gasteiger charge is -2.17. The molecule has 0 saturated carbocycles. The summed E-state index contributed by atoms with van der Waals surface area (Å²) in [4.78, 5) is 12.4. The third-order valence-corrected chi connectivity index (χ3v) is 4.63. The van der Waals surface area contributed by atoms with Gasteiger partial charge in [-0.05, 0) is 30.3 Å². The number of amides is 1. The van der Waals surface area contributed by atoms with Gasteiger partial charge in [0.25, 0.3) is 5.91 Å². The van der Waals surface area contributed by atoms with Crippen LogP contribution < -0.4 is 14.4 Å². The third-order valence-electron chi connectivity index (χ3n) is 3.43. The fourth-order valence-corrected chi connectivity index (χ4v) is 2.55. The summed E-state index contributed by atoms with van der Waals surface area (Å²) in [6, 6.07) is 13.4. The van der Waals surface area contributed by atoms with Crippen molar-refractivity contribution in [2.75, 3.05) is 29.5 Å². The summed E-state index contributed by atoms with van der Waals surface area (Å²) in [7, 11) is -1.96. The average molecular weight is 360 g/mol. The van der Waals surface area contributed by atoms with Crippen LogP contribution in [0.15, 0.2) is 61.2 Å². The maximum absolute atomic E-state index is 12.4. The molecule has 132 valence electrons. The highest BCUT2D eigenvalue weighted by Gasteiger charge is 2.14. The molecular formula is C18H20N2O4S. The second-order valence-corrected chi connectivity index (χ2v) is 7.38. The van der Waals surface area contributed by atoms with E-state index >= 15 is 0 Å². The van der Waals surface area contributed by atoms with Gasteiger partial charge in [-0.25, -0.2) is 8.42 Å². The first-order valence-corrected chi connectivity index (χ1v) is 9.35. The number of hydrogen-bond acceptors (Lipinski definition) is 4. The average Bonchev–Trinajstić information content (AvgIpc) is 2.59. The summed E-state index contributed by atoms with van der Waals surface area (Å²) in [6.07, 6.45) is 2.74. The quantitative estimate of drug-likeness (QED) is 0.771. The van der Waals surface area contributed by atoms with Crippen molar-refractivity contribution < 1.29 is 17.9 Å². The summed E-state index contributed by atoms with van der Waals surface area (Å²) in [6.45, 7) is 3.96. The molecule has 6 nitrogen and oxygen atoms in total. The molecule has 7 heteroatoms. The Kier molecular flexibility index (Phi) is 5.82. The van der Waals surface area contributed by atoms with E-state index in [9.17, 15) is 13.2 Å². The minimum Gasteiger partial charge on any atom is -0.489 e. The van der Waals surface area contributed by atoms with Crippen molar-refractivity contribution >= 4 is 27.3 Å². The van der Waals surface area contributed by atoms with Gasteiger partial charge in [0, 0.05) is 24.4 Å². The SMILES string of the molecule is C=CCOc1cccc(NC(=O)c2cccc(N(C)S(C)(=O)=O)c2)c1. The molecule has 0 spiro atoms. The van der Waals surface area contributed by atoms with Gasteiger partial charge in [0.05, 0.1) is 11.9 Å². The summed E-state index contributed by atoms with van der Waals surface area (Å²) in [5.41, 5.74) is 1.34. The molecule has 2 aromatic carbocycles. The lowest BCUT2D eigenvalue weighted by molar-refractivity contribution is 0.102. The van der Waals surface area contributed by atoms with Crippen LogP contribution in [0.25, 0.3) is 0 Å². The standard InChI is InChI=1S/C18H20N2O4S/c1-4-11-24-17-10-6-8-15(13-17)19-18(21)14-7-5-9-16(12-14)20(2)25(3,22)23/h4-10,12-13H,1,11H2,2-3H3,(H,19,21). The topological polar surface area (TPSA) is 75.7 Å². The zero-order valence-corrected chi connectivity index (χ0v) is 14.9. The van der Waals surface area contributed by atoms with Gasteiger partial charge >= 0.3 is 0 Å². The first kappa shape index (κ1) is 18.5. The van der Waals surface area contributed by atoms with Crippen LogP contribution >= 0.6 is 0 Å². The van der Waals surface area contributed by atoms with E-state index in [0.717, 1.165) is 10.6 Å². The predicted molar refractivity (Wildman–Crippen MR) is 99.8 cm³/mol. The van der Waals surface area contributed by atoms with E-state index in [0.29, 0.717) is 29.3 Å². The molecule has 0 bridgehead atoms. The van der Waals surface area contributed by atoms with Crippen LogP contribution in [-0.4, -0.2) is 34.2 Å². The van der Waals surface area contributed by atoms with Gasteiger partial charge in [0.1, 0.15) is 12.4 Å². The van der Waals surface area contributed by atoms with Crippen molar-refractivity contribution in [3.05, 3.63) is 66.7 Å². The number of sulfonamides is 1. The maximum atomic E-state index is 12.4. The summed E-state index contributed by atoms with van der Waals surface area (Å²) < 4.78 is 29.8. The van der Waals surface area contributed by atoms with Crippen molar-refractivity contribution in [2.24, 2.45) is 0 Å². The Hall–Kier alpha value is -2.80. The Bertz CT molecular complexity index is 878. The Morgan fingerprint density at radius 2 is 1.96 bits per heavy atom. The normalized spacial score (nSPS) is 10.8. The highest BCUT2D eigenvalue weighted by molar-refractivity contribution is 7.92. The maximum Gasteiger partial charge on any atom is 0.255 e. The molecular weight excluding hydrogens is 340 g/mol. The highest BCUT2D eigenvalue weighted by atomic mass is 32.2. The molecule has 0 heterocycles. The molecule has 1 N–H and O–H groups in total. The van der Waals surface area contributed by atoms with Crippen LogP contribution in [-0.2, 0) is 10.0 Å². The van der Waals surface area contributed by atoms with Gasteiger partial charge < -0.3 is 10.1 Å². The van der Waals surface area contributed by atoms with Crippen molar-refractivity contribution in [3.8, 4) is 5.75 Å².